The molecule has 0 heterocycles. The van der Waals surface area contributed by atoms with Gasteiger partial charge in [0, 0.05) is 14.0 Å². The summed E-state index contributed by atoms with van der Waals surface area (Å²) in [6.45, 7) is 3.53. The first-order chi connectivity index (χ1) is 6.61. The second-order valence-corrected chi connectivity index (χ2v) is 3.36. The van der Waals surface area contributed by atoms with Gasteiger partial charge in [-0.2, -0.15) is 0 Å². The lowest BCUT2D eigenvalue weighted by Gasteiger charge is -2.15. The molecule has 1 atom stereocenters. The molecule has 0 aromatic carbocycles. The van der Waals surface area contributed by atoms with Gasteiger partial charge in [-0.3, -0.25) is 9.59 Å². The summed E-state index contributed by atoms with van der Waals surface area (Å²) in [5, 5.41) is 5.18. The molecule has 0 aromatic rings. The molecule has 0 rings (SSSR count). The SMILES string of the molecule is CCCCC[C@H](NC(C)=O)C(=O)NC. The molecule has 0 aliphatic heterocycles. The van der Waals surface area contributed by atoms with E-state index in [9.17, 15) is 9.59 Å². The smallest absolute Gasteiger partial charge is 0.242 e. The third kappa shape index (κ3) is 5.56. The van der Waals surface area contributed by atoms with Crippen molar-refractivity contribution in [2.75, 3.05) is 7.05 Å². The Morgan fingerprint density at radius 3 is 2.36 bits per heavy atom. The number of carbonyl (C=O) groups excluding carboxylic acids is 2. The van der Waals surface area contributed by atoms with Crippen molar-refractivity contribution in [2.45, 2.75) is 45.6 Å². The van der Waals surface area contributed by atoms with Crippen LogP contribution in [0.1, 0.15) is 39.5 Å². The maximum absolute atomic E-state index is 11.3. The lowest BCUT2D eigenvalue weighted by molar-refractivity contribution is -0.127. The van der Waals surface area contributed by atoms with Gasteiger partial charge in [0.25, 0.3) is 0 Å². The molecule has 82 valence electrons. The Labute approximate surface area is 85.4 Å². The summed E-state index contributed by atoms with van der Waals surface area (Å²) < 4.78 is 0. The van der Waals surface area contributed by atoms with Crippen molar-refractivity contribution in [1.82, 2.24) is 10.6 Å². The number of nitrogens with one attached hydrogen (secondary N) is 2. The minimum absolute atomic E-state index is 0.115. The molecule has 14 heavy (non-hydrogen) atoms. The zero-order valence-electron chi connectivity index (χ0n) is 9.22. The van der Waals surface area contributed by atoms with E-state index in [2.05, 4.69) is 17.6 Å². The largest absolute Gasteiger partial charge is 0.357 e. The summed E-state index contributed by atoms with van der Waals surface area (Å²) in [4.78, 5) is 22.1. The van der Waals surface area contributed by atoms with Crippen LogP contribution in [-0.4, -0.2) is 24.9 Å². The molecular formula is C10H20N2O2. The molecule has 0 spiro atoms. The number of hydrogen-bond acceptors (Lipinski definition) is 2. The van der Waals surface area contributed by atoms with E-state index in [1.165, 1.54) is 6.92 Å². The fourth-order valence-electron chi connectivity index (χ4n) is 1.29. The zero-order chi connectivity index (χ0) is 11.0. The Kier molecular flexibility index (Phi) is 6.80. The third-order valence-corrected chi connectivity index (χ3v) is 2.04. The van der Waals surface area contributed by atoms with E-state index in [0.717, 1.165) is 19.3 Å². The van der Waals surface area contributed by atoms with Crippen LogP contribution in [0.5, 0.6) is 0 Å². The summed E-state index contributed by atoms with van der Waals surface area (Å²) in [5.74, 6) is -0.272. The van der Waals surface area contributed by atoms with Crippen LogP contribution >= 0.6 is 0 Å². The number of hydrogen-bond donors (Lipinski definition) is 2. The minimum atomic E-state index is -0.371. The Morgan fingerprint density at radius 1 is 1.29 bits per heavy atom. The average molecular weight is 200 g/mol. The molecule has 2 amide bonds. The van der Waals surface area contributed by atoms with Crippen molar-refractivity contribution in [2.24, 2.45) is 0 Å². The molecular weight excluding hydrogens is 180 g/mol. The maximum atomic E-state index is 11.3. The normalized spacial score (nSPS) is 11.9. The predicted octanol–water partition coefficient (Wildman–Crippen LogP) is 0.817. The highest BCUT2D eigenvalue weighted by Gasteiger charge is 2.16. The van der Waals surface area contributed by atoms with Crippen LogP contribution in [0.2, 0.25) is 0 Å². The second-order valence-electron chi connectivity index (χ2n) is 3.36. The summed E-state index contributed by atoms with van der Waals surface area (Å²) in [6.07, 6.45) is 3.88. The average Bonchev–Trinajstić information content (AvgIpc) is 2.15. The Morgan fingerprint density at radius 2 is 1.93 bits per heavy atom. The minimum Gasteiger partial charge on any atom is -0.357 e. The van der Waals surface area contributed by atoms with Gasteiger partial charge >= 0.3 is 0 Å². The van der Waals surface area contributed by atoms with E-state index in [-0.39, 0.29) is 17.9 Å². The van der Waals surface area contributed by atoms with E-state index >= 15 is 0 Å². The third-order valence-electron chi connectivity index (χ3n) is 2.04. The second kappa shape index (κ2) is 7.35. The summed E-state index contributed by atoms with van der Waals surface area (Å²) >= 11 is 0. The molecule has 0 aliphatic rings. The van der Waals surface area contributed by atoms with Crippen molar-refractivity contribution >= 4 is 11.8 Å². The van der Waals surface area contributed by atoms with E-state index in [0.29, 0.717) is 6.42 Å². The molecule has 0 unspecified atom stereocenters. The van der Waals surface area contributed by atoms with Crippen molar-refractivity contribution in [1.29, 1.82) is 0 Å². The monoisotopic (exact) mass is 200 g/mol. The number of rotatable bonds is 6. The van der Waals surface area contributed by atoms with Crippen molar-refractivity contribution < 1.29 is 9.59 Å². The van der Waals surface area contributed by atoms with Gasteiger partial charge in [-0.25, -0.2) is 0 Å². The van der Waals surface area contributed by atoms with Gasteiger partial charge in [-0.15, -0.1) is 0 Å². The number of amides is 2. The highest BCUT2D eigenvalue weighted by Crippen LogP contribution is 2.03. The van der Waals surface area contributed by atoms with Gasteiger partial charge < -0.3 is 10.6 Å². The van der Waals surface area contributed by atoms with Gasteiger partial charge in [0.15, 0.2) is 0 Å². The molecule has 0 saturated carbocycles. The first kappa shape index (κ1) is 12.9. The highest BCUT2D eigenvalue weighted by atomic mass is 16.2. The van der Waals surface area contributed by atoms with Gasteiger partial charge in [0.1, 0.15) is 6.04 Å². The van der Waals surface area contributed by atoms with E-state index in [1.807, 2.05) is 0 Å². The molecule has 4 heteroatoms. The van der Waals surface area contributed by atoms with Crippen LogP contribution in [0, 0.1) is 0 Å². The standard InChI is InChI=1S/C10H20N2O2/c1-4-5-6-7-9(10(14)11-3)12-8(2)13/h9H,4-7H2,1-3H3,(H,11,14)(H,12,13)/t9-/m0/s1. The molecule has 0 radical (unpaired) electrons. The van der Waals surface area contributed by atoms with Crippen LogP contribution in [0.25, 0.3) is 0 Å². The van der Waals surface area contributed by atoms with Crippen molar-refractivity contribution in [3.8, 4) is 0 Å². The first-order valence-corrected chi connectivity index (χ1v) is 5.10. The Balaban J connectivity index is 3.97. The van der Waals surface area contributed by atoms with Gasteiger partial charge in [-0.05, 0) is 6.42 Å². The number of unbranched alkanes of at least 4 members (excludes halogenated alkanes) is 2. The predicted molar refractivity (Wildman–Crippen MR) is 55.8 cm³/mol. The van der Waals surface area contributed by atoms with Crippen LogP contribution in [0.3, 0.4) is 0 Å². The highest BCUT2D eigenvalue weighted by molar-refractivity contribution is 5.86. The topological polar surface area (TPSA) is 58.2 Å². The molecule has 0 fully saturated rings. The molecule has 0 saturated heterocycles. The van der Waals surface area contributed by atoms with Crippen LogP contribution in [0.15, 0.2) is 0 Å². The molecule has 0 aliphatic carbocycles. The van der Waals surface area contributed by atoms with Crippen molar-refractivity contribution in [3.05, 3.63) is 0 Å². The fraction of sp³-hybridized carbons (Fsp3) is 0.800. The Hall–Kier alpha value is -1.06. The van der Waals surface area contributed by atoms with Crippen molar-refractivity contribution in [3.63, 3.8) is 0 Å². The quantitative estimate of drug-likeness (QED) is 0.624. The van der Waals surface area contributed by atoms with Gasteiger partial charge in [0.05, 0.1) is 0 Å². The summed E-state index contributed by atoms with van der Waals surface area (Å²) in [7, 11) is 1.58. The van der Waals surface area contributed by atoms with E-state index < -0.39 is 0 Å². The van der Waals surface area contributed by atoms with Crippen LogP contribution < -0.4 is 10.6 Å². The van der Waals surface area contributed by atoms with Gasteiger partial charge in [0.2, 0.25) is 11.8 Å². The number of carbonyl (C=O) groups is 2. The zero-order valence-corrected chi connectivity index (χ0v) is 9.22. The molecule has 0 aromatic heterocycles. The molecule has 0 bridgehead atoms. The van der Waals surface area contributed by atoms with E-state index in [4.69, 9.17) is 0 Å². The molecule has 2 N–H and O–H groups in total. The van der Waals surface area contributed by atoms with E-state index in [1.54, 1.807) is 7.05 Å². The molecule has 4 nitrogen and oxygen atoms in total. The lowest BCUT2D eigenvalue weighted by Crippen LogP contribution is -2.44. The fourth-order valence-corrected chi connectivity index (χ4v) is 1.29. The summed E-state index contributed by atoms with van der Waals surface area (Å²) in [5.41, 5.74) is 0. The Bertz CT molecular complexity index is 193. The van der Waals surface area contributed by atoms with Crippen LogP contribution in [-0.2, 0) is 9.59 Å². The van der Waals surface area contributed by atoms with Crippen LogP contribution in [0.4, 0.5) is 0 Å². The summed E-state index contributed by atoms with van der Waals surface area (Å²) in [6, 6.07) is -0.371. The first-order valence-electron chi connectivity index (χ1n) is 5.10. The number of likely N-dealkylation sites (N-methyl/N-ethyl adjacent to an activating group) is 1. The maximum Gasteiger partial charge on any atom is 0.242 e. The lowest BCUT2D eigenvalue weighted by atomic mass is 10.1. The van der Waals surface area contributed by atoms with Gasteiger partial charge in [-0.1, -0.05) is 26.2 Å².